The molecule has 1 aromatic carbocycles. The van der Waals surface area contributed by atoms with E-state index in [0.717, 1.165) is 23.3 Å². The van der Waals surface area contributed by atoms with Crippen LogP contribution in [0.4, 0.5) is 36.8 Å². The molecule has 1 saturated heterocycles. The lowest BCUT2D eigenvalue weighted by Crippen LogP contribution is -2.59. The Hall–Kier alpha value is -2.26. The van der Waals surface area contributed by atoms with Crippen LogP contribution in [-0.2, 0) is 19.9 Å². The van der Waals surface area contributed by atoms with Crippen LogP contribution in [0.25, 0.3) is 0 Å². The van der Waals surface area contributed by atoms with E-state index in [-0.39, 0.29) is 25.3 Å². The first-order valence-corrected chi connectivity index (χ1v) is 10.3. The van der Waals surface area contributed by atoms with Gasteiger partial charge in [-0.1, -0.05) is 12.1 Å². The number of rotatable bonds is 5. The summed E-state index contributed by atoms with van der Waals surface area (Å²) in [6.45, 7) is -1.00. The number of anilines is 1. The average Bonchev–Trinajstić information content (AvgIpc) is 2.63. The average molecular weight is 479 g/mol. The number of carbonyl (C=O) groups excluding carboxylic acids is 1. The fraction of sp³-hybridized carbons (Fsp3) is 0.562. The molecule has 0 aliphatic carbocycles. The first kappa shape index (κ1) is 25.0. The first-order chi connectivity index (χ1) is 14.0. The summed E-state index contributed by atoms with van der Waals surface area (Å²) >= 11 is 0. The van der Waals surface area contributed by atoms with E-state index in [2.05, 4.69) is 4.18 Å². The molecular weight excluding hydrogens is 462 g/mol. The third kappa shape index (κ3) is 5.33. The molecule has 8 nitrogen and oxygen atoms in total. The van der Waals surface area contributed by atoms with Crippen LogP contribution in [0.2, 0.25) is 0 Å². The van der Waals surface area contributed by atoms with Crippen molar-refractivity contribution in [2.24, 2.45) is 0 Å². The number of carboxylic acid groups (broad SMARTS) is 1. The van der Waals surface area contributed by atoms with Crippen molar-refractivity contribution in [2.75, 3.05) is 37.4 Å². The minimum atomic E-state index is -6.04. The highest BCUT2D eigenvalue weighted by molar-refractivity contribution is 7.85. The van der Waals surface area contributed by atoms with Crippen LogP contribution in [0, 0.1) is 0 Å². The number of benzene rings is 1. The van der Waals surface area contributed by atoms with Gasteiger partial charge in [0.15, 0.2) is 0 Å². The van der Waals surface area contributed by atoms with Gasteiger partial charge in [-0.3, -0.25) is 4.18 Å². The van der Waals surface area contributed by atoms with Gasteiger partial charge < -0.3 is 24.8 Å². The summed E-state index contributed by atoms with van der Waals surface area (Å²) in [6, 6.07) is 1.70. The number of aliphatic hydroxyl groups is 1. The SMILES string of the molecule is CS(=O)(=O)OC[C@H]1CN(C(=O)[O-])CCN1c1ccc(C(O)(C(F)(F)F)C(F)(F)F)cc1. The molecule has 15 heteroatoms. The van der Waals surface area contributed by atoms with Crippen molar-refractivity contribution >= 4 is 21.9 Å². The monoisotopic (exact) mass is 479 g/mol. The Morgan fingerprint density at radius 3 is 2.06 bits per heavy atom. The van der Waals surface area contributed by atoms with Crippen LogP contribution >= 0.6 is 0 Å². The quantitative estimate of drug-likeness (QED) is 0.492. The maximum absolute atomic E-state index is 13.0. The molecule has 0 saturated carbocycles. The standard InChI is InChI=1S/C16H18F6N2O6S/c1-31(28,29)30-9-12-8-23(13(25)26)6-7-24(12)11-4-2-10(3-5-11)14(27,15(17,18)19)16(20,21)22/h2-5,12,27H,6-9H2,1H3,(H,25,26)/p-1/t12-/m1/s1. The van der Waals surface area contributed by atoms with Crippen LogP contribution in [0.3, 0.4) is 0 Å². The Morgan fingerprint density at radius 1 is 1.13 bits per heavy atom. The van der Waals surface area contributed by atoms with E-state index in [1.165, 1.54) is 4.90 Å². The third-order valence-corrected chi connectivity index (χ3v) is 5.22. The molecule has 0 aromatic heterocycles. The summed E-state index contributed by atoms with van der Waals surface area (Å²) < 4.78 is 105. The molecule has 1 fully saturated rings. The highest BCUT2D eigenvalue weighted by atomic mass is 32.2. The Kier molecular flexibility index (Phi) is 6.73. The predicted octanol–water partition coefficient (Wildman–Crippen LogP) is 0.809. The lowest BCUT2D eigenvalue weighted by molar-refractivity contribution is -0.376. The van der Waals surface area contributed by atoms with Crippen LogP contribution < -0.4 is 10.0 Å². The zero-order valence-corrected chi connectivity index (χ0v) is 16.6. The van der Waals surface area contributed by atoms with E-state index in [0.29, 0.717) is 12.1 Å². The smallest absolute Gasteiger partial charge is 0.430 e. The maximum Gasteiger partial charge on any atom is 0.430 e. The second-order valence-corrected chi connectivity index (χ2v) is 8.44. The normalized spacial score (nSPS) is 18.9. The van der Waals surface area contributed by atoms with E-state index in [1.54, 1.807) is 0 Å². The van der Waals surface area contributed by atoms with E-state index in [9.17, 15) is 49.8 Å². The topological polar surface area (TPSA) is 110 Å². The molecule has 1 amide bonds. The second kappa shape index (κ2) is 8.35. The largest absolute Gasteiger partial charge is 0.530 e. The molecule has 1 aliphatic rings. The number of amides is 1. The van der Waals surface area contributed by atoms with Gasteiger partial charge in [-0.2, -0.15) is 34.8 Å². The molecule has 1 heterocycles. The van der Waals surface area contributed by atoms with Crippen molar-refractivity contribution in [1.82, 2.24) is 4.90 Å². The van der Waals surface area contributed by atoms with Gasteiger partial charge in [0.1, 0.15) is 6.09 Å². The lowest BCUT2D eigenvalue weighted by atomic mass is 9.92. The van der Waals surface area contributed by atoms with E-state index in [4.69, 9.17) is 0 Å². The highest BCUT2D eigenvalue weighted by Gasteiger charge is 2.71. The number of hydrogen-bond donors (Lipinski definition) is 1. The first-order valence-electron chi connectivity index (χ1n) is 8.50. The van der Waals surface area contributed by atoms with Gasteiger partial charge in [0.25, 0.3) is 15.7 Å². The van der Waals surface area contributed by atoms with Crippen molar-refractivity contribution in [3.63, 3.8) is 0 Å². The molecule has 0 radical (unpaired) electrons. The second-order valence-electron chi connectivity index (χ2n) is 6.80. The minimum Gasteiger partial charge on any atom is -0.530 e. The van der Waals surface area contributed by atoms with Crippen molar-refractivity contribution in [3.8, 4) is 0 Å². The minimum absolute atomic E-state index is 0.0653. The number of alkyl halides is 6. The fourth-order valence-electron chi connectivity index (χ4n) is 3.09. The van der Waals surface area contributed by atoms with Crippen molar-refractivity contribution in [3.05, 3.63) is 29.8 Å². The Balaban J connectivity index is 2.37. The number of piperazine rings is 1. The zero-order chi connectivity index (χ0) is 23.8. The van der Waals surface area contributed by atoms with Crippen LogP contribution in [-0.4, -0.2) is 75.4 Å². The number of carbonyl (C=O) groups is 1. The van der Waals surface area contributed by atoms with Crippen LogP contribution in [0.15, 0.2) is 24.3 Å². The van der Waals surface area contributed by atoms with Gasteiger partial charge in [-0.05, 0) is 12.1 Å². The van der Waals surface area contributed by atoms with E-state index in [1.807, 2.05) is 0 Å². The molecule has 2 rings (SSSR count). The van der Waals surface area contributed by atoms with Gasteiger partial charge in [0, 0.05) is 30.9 Å². The summed E-state index contributed by atoms with van der Waals surface area (Å²) in [5, 5.41) is 20.5. The summed E-state index contributed by atoms with van der Waals surface area (Å²) in [4.78, 5) is 13.3. The molecule has 1 atom stereocenters. The number of nitrogens with zero attached hydrogens (tertiary/aromatic N) is 2. The third-order valence-electron chi connectivity index (χ3n) is 4.65. The molecule has 31 heavy (non-hydrogen) atoms. The van der Waals surface area contributed by atoms with Gasteiger partial charge >= 0.3 is 12.4 Å². The summed E-state index contributed by atoms with van der Waals surface area (Å²) in [5.74, 6) is 0. The molecule has 176 valence electrons. The van der Waals surface area contributed by atoms with Crippen molar-refractivity contribution in [1.29, 1.82) is 0 Å². The fourth-order valence-corrected chi connectivity index (χ4v) is 3.49. The highest BCUT2D eigenvalue weighted by Crippen LogP contribution is 2.50. The van der Waals surface area contributed by atoms with Gasteiger partial charge in [-0.15, -0.1) is 0 Å². The Morgan fingerprint density at radius 2 is 1.65 bits per heavy atom. The summed E-state index contributed by atoms with van der Waals surface area (Å²) in [7, 11) is -3.92. The molecule has 1 N–H and O–H groups in total. The van der Waals surface area contributed by atoms with Gasteiger partial charge in [0.05, 0.1) is 18.9 Å². The Labute approximate surface area is 172 Å². The van der Waals surface area contributed by atoms with Crippen molar-refractivity contribution < 1.29 is 54.0 Å². The predicted molar refractivity (Wildman–Crippen MR) is 91.3 cm³/mol. The van der Waals surface area contributed by atoms with Crippen LogP contribution in [0.1, 0.15) is 5.56 Å². The lowest BCUT2D eigenvalue weighted by Gasteiger charge is -2.43. The molecule has 0 spiro atoms. The summed E-state index contributed by atoms with van der Waals surface area (Å²) in [6.07, 6.45) is -12.9. The molecule has 0 bridgehead atoms. The number of halogens is 6. The van der Waals surface area contributed by atoms with Crippen LogP contribution in [0.5, 0.6) is 0 Å². The maximum atomic E-state index is 13.0. The Bertz CT molecular complexity index is 889. The van der Waals surface area contributed by atoms with Gasteiger partial charge in [-0.25, -0.2) is 0 Å². The molecular formula is C16H17F6N2O6S-. The zero-order valence-electron chi connectivity index (χ0n) is 15.8. The van der Waals surface area contributed by atoms with Gasteiger partial charge in [0.2, 0.25) is 0 Å². The van der Waals surface area contributed by atoms with E-state index < -0.39 is 52.4 Å². The summed E-state index contributed by atoms with van der Waals surface area (Å²) in [5.41, 5.74) is -6.49. The number of hydrogen-bond acceptors (Lipinski definition) is 7. The molecule has 0 unspecified atom stereocenters. The van der Waals surface area contributed by atoms with Crippen molar-refractivity contribution in [2.45, 2.75) is 24.0 Å². The molecule has 1 aromatic rings. The van der Waals surface area contributed by atoms with E-state index >= 15 is 0 Å². The molecule has 1 aliphatic heterocycles.